The molecule has 1 unspecified atom stereocenters. The molecule has 0 spiro atoms. The van der Waals surface area contributed by atoms with Crippen molar-refractivity contribution in [3.05, 3.63) is 29.8 Å². The quantitative estimate of drug-likeness (QED) is 0.833. The fourth-order valence-corrected chi connectivity index (χ4v) is 3.13. The zero-order valence-electron chi connectivity index (χ0n) is 12.2. The Bertz CT molecular complexity index is 479. The summed E-state index contributed by atoms with van der Waals surface area (Å²) in [6, 6.07) is 7.08. The Labute approximate surface area is 116 Å². The molecule has 0 saturated heterocycles. The number of benzene rings is 1. The van der Waals surface area contributed by atoms with E-state index >= 15 is 0 Å². The van der Waals surface area contributed by atoms with Gasteiger partial charge < -0.3 is 0 Å². The van der Waals surface area contributed by atoms with Crippen molar-refractivity contribution < 1.29 is 8.42 Å². The minimum absolute atomic E-state index is 0.190. The molecule has 4 nitrogen and oxygen atoms in total. The Morgan fingerprint density at radius 1 is 1.16 bits per heavy atom. The third-order valence-corrected chi connectivity index (χ3v) is 4.78. The molecule has 5 heteroatoms. The van der Waals surface area contributed by atoms with E-state index in [-0.39, 0.29) is 6.04 Å². The highest BCUT2D eigenvalue weighted by Gasteiger charge is 2.17. The van der Waals surface area contributed by atoms with Gasteiger partial charge in [-0.3, -0.25) is 4.90 Å². The van der Waals surface area contributed by atoms with Crippen LogP contribution in [0.2, 0.25) is 0 Å². The van der Waals surface area contributed by atoms with Gasteiger partial charge >= 0.3 is 0 Å². The van der Waals surface area contributed by atoms with Crippen LogP contribution < -0.4 is 4.72 Å². The average Bonchev–Trinajstić information content (AvgIpc) is 2.38. The minimum atomic E-state index is -3.40. The van der Waals surface area contributed by atoms with E-state index in [9.17, 15) is 8.42 Å². The number of aryl methyl sites for hydroxylation is 1. The molecule has 0 heterocycles. The molecule has 1 aromatic carbocycles. The van der Waals surface area contributed by atoms with Gasteiger partial charge in [0, 0.05) is 12.6 Å². The van der Waals surface area contributed by atoms with Gasteiger partial charge in [-0.15, -0.1) is 0 Å². The summed E-state index contributed by atoms with van der Waals surface area (Å²) in [5, 5.41) is 0. The van der Waals surface area contributed by atoms with Crippen molar-refractivity contribution in [2.75, 3.05) is 19.6 Å². The molecule has 19 heavy (non-hydrogen) atoms. The molecule has 1 atom stereocenters. The van der Waals surface area contributed by atoms with E-state index in [1.807, 2.05) is 26.0 Å². The number of hydrogen-bond acceptors (Lipinski definition) is 3. The van der Waals surface area contributed by atoms with Gasteiger partial charge in [-0.1, -0.05) is 31.5 Å². The molecule has 0 radical (unpaired) electrons. The lowest BCUT2D eigenvalue weighted by Crippen LogP contribution is -2.41. The SMILES string of the molecule is CCN(CC)C(C)CNS(=O)(=O)c1ccc(C)cc1. The molecule has 0 saturated carbocycles. The number of nitrogens with one attached hydrogen (secondary N) is 1. The summed E-state index contributed by atoms with van der Waals surface area (Å²) in [6.45, 7) is 10.4. The molecule has 108 valence electrons. The van der Waals surface area contributed by atoms with Gasteiger partial charge in [0.15, 0.2) is 0 Å². The summed E-state index contributed by atoms with van der Waals surface area (Å²) < 4.78 is 26.9. The van der Waals surface area contributed by atoms with Crippen LogP contribution in [0.1, 0.15) is 26.3 Å². The first kappa shape index (κ1) is 16.1. The topological polar surface area (TPSA) is 49.4 Å². The summed E-state index contributed by atoms with van der Waals surface area (Å²) >= 11 is 0. The van der Waals surface area contributed by atoms with Gasteiger partial charge in [-0.05, 0) is 39.1 Å². The summed E-state index contributed by atoms with van der Waals surface area (Å²) in [6.07, 6.45) is 0. The van der Waals surface area contributed by atoms with Crippen molar-refractivity contribution in [3.63, 3.8) is 0 Å². The van der Waals surface area contributed by atoms with E-state index in [0.717, 1.165) is 18.7 Å². The third-order valence-electron chi connectivity index (χ3n) is 3.34. The van der Waals surface area contributed by atoms with Crippen molar-refractivity contribution in [1.82, 2.24) is 9.62 Å². The maximum absolute atomic E-state index is 12.1. The average molecular weight is 284 g/mol. The zero-order valence-corrected chi connectivity index (χ0v) is 13.0. The molecule has 0 aliphatic heterocycles. The van der Waals surface area contributed by atoms with Crippen LogP contribution in [-0.4, -0.2) is 39.0 Å². The number of hydrogen-bond donors (Lipinski definition) is 1. The van der Waals surface area contributed by atoms with Gasteiger partial charge in [0.05, 0.1) is 4.90 Å². The maximum Gasteiger partial charge on any atom is 0.240 e. The molecule has 0 aliphatic carbocycles. The van der Waals surface area contributed by atoms with Gasteiger partial charge in [-0.2, -0.15) is 0 Å². The highest BCUT2D eigenvalue weighted by molar-refractivity contribution is 7.89. The first-order valence-electron chi connectivity index (χ1n) is 6.71. The summed E-state index contributed by atoms with van der Waals surface area (Å²) in [5.41, 5.74) is 1.05. The highest BCUT2D eigenvalue weighted by atomic mass is 32.2. The van der Waals surface area contributed by atoms with Crippen molar-refractivity contribution in [2.24, 2.45) is 0 Å². The first-order valence-corrected chi connectivity index (χ1v) is 8.19. The van der Waals surface area contributed by atoms with Gasteiger partial charge in [-0.25, -0.2) is 13.1 Å². The van der Waals surface area contributed by atoms with Crippen molar-refractivity contribution in [1.29, 1.82) is 0 Å². The van der Waals surface area contributed by atoms with Crippen molar-refractivity contribution in [3.8, 4) is 0 Å². The van der Waals surface area contributed by atoms with Crippen LogP contribution in [0.5, 0.6) is 0 Å². The second-order valence-electron chi connectivity index (χ2n) is 4.74. The molecule has 0 aromatic heterocycles. The minimum Gasteiger partial charge on any atom is -0.300 e. The lowest BCUT2D eigenvalue weighted by atomic mass is 10.2. The normalized spacial score (nSPS) is 13.7. The van der Waals surface area contributed by atoms with Crippen molar-refractivity contribution >= 4 is 10.0 Å². The number of sulfonamides is 1. The standard InChI is InChI=1S/C14H24N2O2S/c1-5-16(6-2)13(4)11-15-19(17,18)14-9-7-12(3)8-10-14/h7-10,13,15H,5-6,11H2,1-4H3. The van der Waals surface area contributed by atoms with Crippen LogP contribution in [0.4, 0.5) is 0 Å². The lowest BCUT2D eigenvalue weighted by Gasteiger charge is -2.26. The highest BCUT2D eigenvalue weighted by Crippen LogP contribution is 2.10. The molecule has 0 fully saturated rings. The molecule has 1 rings (SSSR count). The van der Waals surface area contributed by atoms with Crippen LogP contribution in [0.15, 0.2) is 29.2 Å². The van der Waals surface area contributed by atoms with E-state index in [4.69, 9.17) is 0 Å². The summed E-state index contributed by atoms with van der Waals surface area (Å²) in [7, 11) is -3.40. The van der Waals surface area contributed by atoms with Crippen LogP contribution >= 0.6 is 0 Å². The predicted octanol–water partition coefficient (Wildman–Crippen LogP) is 2.00. The third kappa shape index (κ3) is 4.60. The van der Waals surface area contributed by atoms with E-state index in [1.165, 1.54) is 0 Å². The Balaban J connectivity index is 2.68. The fourth-order valence-electron chi connectivity index (χ4n) is 2.01. The van der Waals surface area contributed by atoms with Gasteiger partial charge in [0.1, 0.15) is 0 Å². The Morgan fingerprint density at radius 2 is 1.68 bits per heavy atom. The fraction of sp³-hybridized carbons (Fsp3) is 0.571. The molecule has 0 bridgehead atoms. The van der Waals surface area contributed by atoms with E-state index in [2.05, 4.69) is 23.5 Å². The number of likely N-dealkylation sites (N-methyl/N-ethyl adjacent to an activating group) is 1. The molecule has 1 aromatic rings. The van der Waals surface area contributed by atoms with Crippen molar-refractivity contribution in [2.45, 2.75) is 38.6 Å². The summed E-state index contributed by atoms with van der Waals surface area (Å²) in [4.78, 5) is 2.54. The van der Waals surface area contributed by atoms with Crippen LogP contribution in [0, 0.1) is 6.92 Å². The van der Waals surface area contributed by atoms with Gasteiger partial charge in [0.25, 0.3) is 0 Å². The smallest absolute Gasteiger partial charge is 0.240 e. The monoisotopic (exact) mass is 284 g/mol. The van der Waals surface area contributed by atoms with Crippen LogP contribution in [0.3, 0.4) is 0 Å². The number of rotatable bonds is 7. The molecule has 1 N–H and O–H groups in total. The predicted molar refractivity (Wildman–Crippen MR) is 78.8 cm³/mol. The number of nitrogens with zero attached hydrogens (tertiary/aromatic N) is 1. The first-order chi connectivity index (χ1) is 8.90. The Hall–Kier alpha value is -0.910. The summed E-state index contributed by atoms with van der Waals surface area (Å²) in [5.74, 6) is 0. The second kappa shape index (κ2) is 7.03. The Morgan fingerprint density at radius 3 is 2.16 bits per heavy atom. The second-order valence-corrected chi connectivity index (χ2v) is 6.50. The Kier molecular flexibility index (Phi) is 5.97. The van der Waals surface area contributed by atoms with Gasteiger partial charge in [0.2, 0.25) is 10.0 Å². The van der Waals surface area contributed by atoms with Crippen LogP contribution in [0.25, 0.3) is 0 Å². The van der Waals surface area contributed by atoms with Crippen LogP contribution in [-0.2, 0) is 10.0 Å². The maximum atomic E-state index is 12.1. The van der Waals surface area contributed by atoms with E-state index < -0.39 is 10.0 Å². The largest absolute Gasteiger partial charge is 0.300 e. The van der Waals surface area contributed by atoms with E-state index in [1.54, 1.807) is 12.1 Å². The lowest BCUT2D eigenvalue weighted by molar-refractivity contribution is 0.232. The molecule has 0 aliphatic rings. The molecular weight excluding hydrogens is 260 g/mol. The molecule has 0 amide bonds. The van der Waals surface area contributed by atoms with E-state index in [0.29, 0.717) is 11.4 Å². The zero-order chi connectivity index (χ0) is 14.5. The molecular formula is C14H24N2O2S.